The topological polar surface area (TPSA) is 121 Å². The highest BCUT2D eigenvalue weighted by Crippen LogP contribution is 2.40. The number of aromatic amines is 1. The van der Waals surface area contributed by atoms with Crippen LogP contribution in [0.1, 0.15) is 45.2 Å². The number of halogens is 2. The van der Waals surface area contributed by atoms with Crippen LogP contribution in [0.25, 0.3) is 0 Å². The number of phenols is 1. The minimum atomic E-state index is -3.63. The van der Waals surface area contributed by atoms with E-state index in [1.165, 1.54) is 22.8 Å². The number of piperidine rings is 1. The lowest BCUT2D eigenvalue weighted by Gasteiger charge is -2.37. The second-order valence-corrected chi connectivity index (χ2v) is 13.2. The summed E-state index contributed by atoms with van der Waals surface area (Å²) in [6.45, 7) is 6.13. The molecule has 172 valence electrons. The van der Waals surface area contributed by atoms with E-state index in [2.05, 4.69) is 14.9 Å². The second-order valence-electron chi connectivity index (χ2n) is 8.48. The molecule has 1 saturated heterocycles. The molecule has 1 unspecified atom stereocenters. The average Bonchev–Trinajstić information content (AvgIpc) is 3.24. The predicted octanol–water partition coefficient (Wildman–Crippen LogP) is 3.62. The van der Waals surface area contributed by atoms with Gasteiger partial charge in [-0.2, -0.15) is 9.40 Å². The number of phenolic OH excluding ortho intramolecular Hbond substituents is 1. The summed E-state index contributed by atoms with van der Waals surface area (Å²) in [4.78, 5) is 0.122. The molecule has 0 spiro atoms. The Labute approximate surface area is 195 Å². The van der Waals surface area contributed by atoms with Crippen LogP contribution in [-0.4, -0.2) is 50.4 Å². The van der Waals surface area contributed by atoms with E-state index in [9.17, 15) is 18.1 Å². The molecular formula is C19H26Cl2N4O4S2. The van der Waals surface area contributed by atoms with Crippen LogP contribution >= 0.6 is 23.2 Å². The van der Waals surface area contributed by atoms with E-state index in [0.717, 1.165) is 0 Å². The Morgan fingerprint density at radius 1 is 1.29 bits per heavy atom. The van der Waals surface area contributed by atoms with E-state index in [-0.39, 0.29) is 26.6 Å². The minimum Gasteiger partial charge on any atom is -0.598 e. The van der Waals surface area contributed by atoms with Gasteiger partial charge >= 0.3 is 0 Å². The van der Waals surface area contributed by atoms with Gasteiger partial charge in [-0.1, -0.05) is 23.2 Å². The molecule has 1 aliphatic rings. The van der Waals surface area contributed by atoms with Crippen molar-refractivity contribution in [2.24, 2.45) is 5.92 Å². The maximum absolute atomic E-state index is 12.9. The molecule has 1 aromatic heterocycles. The van der Waals surface area contributed by atoms with Crippen LogP contribution in [0.2, 0.25) is 10.0 Å². The molecule has 3 rings (SSSR count). The standard InChI is InChI=1S/C19H26Cl2N4O4S2/c1-19(2,3)30(27)24-18(14-8-15(20)16(21)9-17(14)26)12-4-6-25(7-5-12)31(28,29)13-10-22-23-11-13/h8-12,18,24,26H,4-7H2,1-3H3,(H,22,23)/t18?,30-/m0/s1. The third-order valence-electron chi connectivity index (χ3n) is 5.28. The van der Waals surface area contributed by atoms with Crippen LogP contribution < -0.4 is 4.72 Å². The Kier molecular flexibility index (Phi) is 7.52. The summed E-state index contributed by atoms with van der Waals surface area (Å²) in [6, 6.07) is 2.45. The maximum atomic E-state index is 12.9. The Morgan fingerprint density at radius 3 is 2.45 bits per heavy atom. The highest BCUT2D eigenvalue weighted by Gasteiger charge is 2.38. The third-order valence-corrected chi connectivity index (χ3v) is 9.44. The van der Waals surface area contributed by atoms with Crippen molar-refractivity contribution in [2.45, 2.75) is 49.3 Å². The van der Waals surface area contributed by atoms with Crippen LogP contribution in [0.5, 0.6) is 5.75 Å². The molecule has 1 aliphatic heterocycles. The zero-order valence-corrected chi connectivity index (χ0v) is 20.6. The smallest absolute Gasteiger partial charge is 0.246 e. The molecule has 0 amide bonds. The number of hydrogen-bond acceptors (Lipinski definition) is 6. The van der Waals surface area contributed by atoms with Gasteiger partial charge in [0.2, 0.25) is 10.0 Å². The molecule has 2 heterocycles. The highest BCUT2D eigenvalue weighted by atomic mass is 35.5. The van der Waals surface area contributed by atoms with Crippen molar-refractivity contribution in [2.75, 3.05) is 13.1 Å². The fourth-order valence-electron chi connectivity index (χ4n) is 3.49. The fourth-order valence-corrected chi connectivity index (χ4v) is 6.10. The van der Waals surface area contributed by atoms with Gasteiger partial charge in [0, 0.05) is 42.3 Å². The van der Waals surface area contributed by atoms with Crippen molar-refractivity contribution in [3.05, 3.63) is 40.1 Å². The lowest BCUT2D eigenvalue weighted by Crippen LogP contribution is -2.46. The first-order chi connectivity index (χ1) is 14.4. The fraction of sp³-hybridized carbons (Fsp3) is 0.526. The van der Waals surface area contributed by atoms with Gasteiger partial charge in [0.05, 0.1) is 22.3 Å². The van der Waals surface area contributed by atoms with Gasteiger partial charge in [-0.15, -0.1) is 4.72 Å². The third kappa shape index (κ3) is 5.50. The normalized spacial score (nSPS) is 18.8. The van der Waals surface area contributed by atoms with Gasteiger partial charge in [-0.3, -0.25) is 5.10 Å². The second kappa shape index (κ2) is 9.46. The predicted molar refractivity (Wildman–Crippen MR) is 122 cm³/mol. The summed E-state index contributed by atoms with van der Waals surface area (Å²) in [6.07, 6.45) is 3.66. The largest absolute Gasteiger partial charge is 0.598 e. The van der Waals surface area contributed by atoms with Crippen LogP contribution in [0, 0.1) is 5.92 Å². The molecule has 0 radical (unpaired) electrons. The molecule has 0 saturated carbocycles. The summed E-state index contributed by atoms with van der Waals surface area (Å²) in [7, 11) is -3.63. The Balaban J connectivity index is 1.85. The summed E-state index contributed by atoms with van der Waals surface area (Å²) < 4.78 is 42.4. The zero-order chi connectivity index (χ0) is 23.0. The molecule has 31 heavy (non-hydrogen) atoms. The SMILES string of the molecule is CC(C)(C)[S@+]([O-])NC(c1cc(Cl)c(Cl)cc1O)C1CCN(S(=O)(=O)c2cn[nH]c2)CC1. The van der Waals surface area contributed by atoms with Crippen LogP contribution in [-0.2, 0) is 21.4 Å². The molecule has 3 N–H and O–H groups in total. The molecule has 1 fully saturated rings. The van der Waals surface area contributed by atoms with E-state index in [4.69, 9.17) is 23.2 Å². The molecule has 1 aromatic carbocycles. The van der Waals surface area contributed by atoms with E-state index in [0.29, 0.717) is 31.5 Å². The summed E-state index contributed by atoms with van der Waals surface area (Å²) in [5, 5.41) is 17.3. The van der Waals surface area contributed by atoms with Crippen molar-refractivity contribution >= 4 is 44.6 Å². The van der Waals surface area contributed by atoms with E-state index in [1.807, 2.05) is 20.8 Å². The Hall–Kier alpha value is -1.01. The number of benzene rings is 1. The van der Waals surface area contributed by atoms with Crippen molar-refractivity contribution in [1.29, 1.82) is 0 Å². The lowest BCUT2D eigenvalue weighted by molar-refractivity contribution is 0.234. The van der Waals surface area contributed by atoms with Crippen LogP contribution in [0.3, 0.4) is 0 Å². The minimum absolute atomic E-state index is 0.0498. The van der Waals surface area contributed by atoms with E-state index < -0.39 is 32.2 Å². The van der Waals surface area contributed by atoms with Crippen molar-refractivity contribution in [3.63, 3.8) is 0 Å². The number of H-pyrrole nitrogens is 1. The Morgan fingerprint density at radius 2 is 1.90 bits per heavy atom. The van der Waals surface area contributed by atoms with Gasteiger partial charge in [0.25, 0.3) is 0 Å². The molecule has 0 aliphatic carbocycles. The van der Waals surface area contributed by atoms with Gasteiger partial charge in [-0.25, -0.2) is 8.42 Å². The van der Waals surface area contributed by atoms with Crippen LogP contribution in [0.15, 0.2) is 29.4 Å². The highest BCUT2D eigenvalue weighted by molar-refractivity contribution is 7.90. The molecule has 2 atom stereocenters. The molecule has 8 nitrogen and oxygen atoms in total. The van der Waals surface area contributed by atoms with E-state index >= 15 is 0 Å². The number of aromatic hydroxyl groups is 1. The molecule has 2 aromatic rings. The van der Waals surface area contributed by atoms with Gasteiger partial charge < -0.3 is 9.66 Å². The molecule has 12 heteroatoms. The number of sulfonamides is 1. The molecular weight excluding hydrogens is 483 g/mol. The number of nitrogens with zero attached hydrogens (tertiary/aromatic N) is 2. The first-order valence-electron chi connectivity index (χ1n) is 9.76. The monoisotopic (exact) mass is 508 g/mol. The zero-order valence-electron chi connectivity index (χ0n) is 17.4. The number of aromatic nitrogens is 2. The van der Waals surface area contributed by atoms with Gasteiger partial charge in [0.15, 0.2) is 0 Å². The quantitative estimate of drug-likeness (QED) is 0.512. The van der Waals surface area contributed by atoms with Crippen molar-refractivity contribution in [3.8, 4) is 5.75 Å². The average molecular weight is 509 g/mol. The maximum Gasteiger partial charge on any atom is 0.246 e. The number of hydrogen-bond donors (Lipinski definition) is 3. The van der Waals surface area contributed by atoms with Crippen LogP contribution in [0.4, 0.5) is 0 Å². The first-order valence-corrected chi connectivity index (χ1v) is 13.1. The number of nitrogens with one attached hydrogen (secondary N) is 2. The van der Waals surface area contributed by atoms with Gasteiger partial charge in [-0.05, 0) is 45.6 Å². The van der Waals surface area contributed by atoms with Gasteiger partial charge in [0.1, 0.15) is 15.4 Å². The summed E-state index contributed by atoms with van der Waals surface area (Å²) in [5.74, 6) is -0.128. The summed E-state index contributed by atoms with van der Waals surface area (Å²) in [5.41, 5.74) is 0.489. The first kappa shape index (κ1) is 24.6. The Bertz CT molecular complexity index is 1000. The van der Waals surface area contributed by atoms with Crippen molar-refractivity contribution in [1.82, 2.24) is 19.2 Å². The molecule has 0 bridgehead atoms. The van der Waals surface area contributed by atoms with E-state index in [1.54, 1.807) is 6.07 Å². The lowest BCUT2D eigenvalue weighted by atomic mass is 9.86. The summed E-state index contributed by atoms with van der Waals surface area (Å²) >= 11 is 10.8. The number of rotatable bonds is 6. The van der Waals surface area contributed by atoms with Crippen molar-refractivity contribution < 1.29 is 18.1 Å².